The standard InChI is InChI=1S/C18H24N2O4/c1-18(2,3)24-17(22)20-8-6-12-4-5-14(10-13(12)11-20)19-15-7-9-23-16(15)21/h4-5,10,15,19H,6-9,11H2,1-3H3. The second kappa shape index (κ2) is 6.34. The summed E-state index contributed by atoms with van der Waals surface area (Å²) >= 11 is 0. The Balaban J connectivity index is 1.69. The lowest BCUT2D eigenvalue weighted by molar-refractivity contribution is -0.138. The van der Waals surface area contributed by atoms with Crippen molar-refractivity contribution in [2.75, 3.05) is 18.5 Å². The smallest absolute Gasteiger partial charge is 0.410 e. The summed E-state index contributed by atoms with van der Waals surface area (Å²) in [6.45, 7) is 7.24. The van der Waals surface area contributed by atoms with Gasteiger partial charge in [-0.2, -0.15) is 0 Å². The van der Waals surface area contributed by atoms with Gasteiger partial charge in [0.25, 0.3) is 0 Å². The van der Waals surface area contributed by atoms with Gasteiger partial charge in [0.2, 0.25) is 0 Å². The molecule has 2 aliphatic heterocycles. The monoisotopic (exact) mass is 332 g/mol. The van der Waals surface area contributed by atoms with Crippen molar-refractivity contribution in [2.45, 2.75) is 51.8 Å². The number of amides is 1. The molecule has 2 aliphatic rings. The SMILES string of the molecule is CC(C)(C)OC(=O)N1CCc2ccc(NC3CCOC3=O)cc2C1. The van der Waals surface area contributed by atoms with Gasteiger partial charge in [0.1, 0.15) is 11.6 Å². The zero-order valence-corrected chi connectivity index (χ0v) is 14.4. The van der Waals surface area contributed by atoms with E-state index in [0.29, 0.717) is 26.1 Å². The summed E-state index contributed by atoms with van der Waals surface area (Å²) in [6.07, 6.45) is 1.20. The predicted molar refractivity (Wildman–Crippen MR) is 89.8 cm³/mol. The quantitative estimate of drug-likeness (QED) is 0.844. The lowest BCUT2D eigenvalue weighted by atomic mass is 9.99. The Hall–Kier alpha value is -2.24. The van der Waals surface area contributed by atoms with Crippen LogP contribution in [0.15, 0.2) is 18.2 Å². The molecular formula is C18H24N2O4. The summed E-state index contributed by atoms with van der Waals surface area (Å²) in [7, 11) is 0. The molecular weight excluding hydrogens is 308 g/mol. The molecule has 0 aromatic heterocycles. The molecule has 130 valence electrons. The number of nitrogens with zero attached hydrogens (tertiary/aromatic N) is 1. The van der Waals surface area contributed by atoms with Crippen molar-refractivity contribution in [3.8, 4) is 0 Å². The normalized spacial score (nSPS) is 20.4. The fourth-order valence-electron chi connectivity index (χ4n) is 2.96. The second-order valence-corrected chi connectivity index (χ2v) is 7.29. The molecule has 1 unspecified atom stereocenters. The van der Waals surface area contributed by atoms with Crippen molar-refractivity contribution in [1.29, 1.82) is 0 Å². The Bertz CT molecular complexity index is 651. The molecule has 1 fully saturated rings. The highest BCUT2D eigenvalue weighted by molar-refractivity contribution is 5.81. The third-order valence-corrected chi connectivity index (χ3v) is 4.15. The van der Waals surface area contributed by atoms with Crippen LogP contribution in [0, 0.1) is 0 Å². The molecule has 0 radical (unpaired) electrons. The van der Waals surface area contributed by atoms with Crippen LogP contribution in [0.3, 0.4) is 0 Å². The summed E-state index contributed by atoms with van der Waals surface area (Å²) in [5.41, 5.74) is 2.70. The highest BCUT2D eigenvalue weighted by Crippen LogP contribution is 2.25. The molecule has 0 aliphatic carbocycles. The number of benzene rings is 1. The van der Waals surface area contributed by atoms with Crippen molar-refractivity contribution < 1.29 is 19.1 Å². The third kappa shape index (κ3) is 3.80. The van der Waals surface area contributed by atoms with E-state index in [9.17, 15) is 9.59 Å². The minimum atomic E-state index is -0.496. The van der Waals surface area contributed by atoms with E-state index in [4.69, 9.17) is 9.47 Å². The maximum Gasteiger partial charge on any atom is 0.410 e. The first kappa shape index (κ1) is 16.6. The highest BCUT2D eigenvalue weighted by atomic mass is 16.6. The second-order valence-electron chi connectivity index (χ2n) is 7.29. The van der Waals surface area contributed by atoms with Gasteiger partial charge in [-0.1, -0.05) is 6.07 Å². The Morgan fingerprint density at radius 1 is 1.33 bits per heavy atom. The Morgan fingerprint density at radius 2 is 2.12 bits per heavy atom. The Kier molecular flexibility index (Phi) is 4.39. The van der Waals surface area contributed by atoms with E-state index in [2.05, 4.69) is 11.4 Å². The number of ether oxygens (including phenoxy) is 2. The van der Waals surface area contributed by atoms with E-state index in [1.165, 1.54) is 5.56 Å². The molecule has 1 amide bonds. The lowest BCUT2D eigenvalue weighted by Crippen LogP contribution is -2.39. The van der Waals surface area contributed by atoms with Gasteiger partial charge in [-0.3, -0.25) is 0 Å². The van der Waals surface area contributed by atoms with Gasteiger partial charge in [-0.25, -0.2) is 9.59 Å². The number of cyclic esters (lactones) is 1. The van der Waals surface area contributed by atoms with Crippen molar-refractivity contribution in [3.63, 3.8) is 0 Å². The van der Waals surface area contributed by atoms with Crippen LogP contribution in [0.5, 0.6) is 0 Å². The van der Waals surface area contributed by atoms with Crippen LogP contribution in [-0.2, 0) is 27.2 Å². The van der Waals surface area contributed by atoms with Gasteiger partial charge in [0.15, 0.2) is 0 Å². The van der Waals surface area contributed by atoms with Crippen molar-refractivity contribution in [2.24, 2.45) is 0 Å². The molecule has 0 bridgehead atoms. The number of nitrogens with one attached hydrogen (secondary N) is 1. The molecule has 2 heterocycles. The Morgan fingerprint density at radius 3 is 2.79 bits per heavy atom. The first-order chi connectivity index (χ1) is 11.3. The van der Waals surface area contributed by atoms with Gasteiger partial charge >= 0.3 is 12.1 Å². The fraction of sp³-hybridized carbons (Fsp3) is 0.556. The number of fused-ring (bicyclic) bond motifs is 1. The number of carbonyl (C=O) groups excluding carboxylic acids is 2. The first-order valence-corrected chi connectivity index (χ1v) is 8.35. The van der Waals surface area contributed by atoms with Gasteiger partial charge in [-0.05, 0) is 50.5 Å². The maximum absolute atomic E-state index is 12.3. The number of anilines is 1. The maximum atomic E-state index is 12.3. The molecule has 1 aromatic rings. The molecule has 6 nitrogen and oxygen atoms in total. The van der Waals surface area contributed by atoms with Crippen LogP contribution in [0.2, 0.25) is 0 Å². The van der Waals surface area contributed by atoms with Gasteiger partial charge in [0.05, 0.1) is 6.61 Å². The van der Waals surface area contributed by atoms with Gasteiger partial charge in [-0.15, -0.1) is 0 Å². The topological polar surface area (TPSA) is 67.9 Å². The lowest BCUT2D eigenvalue weighted by Gasteiger charge is -2.31. The van der Waals surface area contributed by atoms with Gasteiger partial charge < -0.3 is 19.7 Å². The predicted octanol–water partition coefficient (Wildman–Crippen LogP) is 2.71. The van der Waals surface area contributed by atoms with E-state index < -0.39 is 5.60 Å². The minimum absolute atomic E-state index is 0.205. The zero-order chi connectivity index (χ0) is 17.3. The molecule has 1 saturated heterocycles. The fourth-order valence-corrected chi connectivity index (χ4v) is 2.96. The van der Waals surface area contributed by atoms with Gasteiger partial charge in [0, 0.05) is 25.2 Å². The summed E-state index contributed by atoms with van der Waals surface area (Å²) < 4.78 is 10.4. The average molecular weight is 332 g/mol. The van der Waals surface area contributed by atoms with E-state index in [-0.39, 0.29) is 18.1 Å². The van der Waals surface area contributed by atoms with E-state index in [1.54, 1.807) is 4.90 Å². The van der Waals surface area contributed by atoms with E-state index in [0.717, 1.165) is 17.7 Å². The largest absolute Gasteiger partial charge is 0.464 e. The van der Waals surface area contributed by atoms with Crippen molar-refractivity contribution in [3.05, 3.63) is 29.3 Å². The van der Waals surface area contributed by atoms with E-state index >= 15 is 0 Å². The molecule has 3 rings (SSSR count). The first-order valence-electron chi connectivity index (χ1n) is 8.35. The van der Waals surface area contributed by atoms with Crippen LogP contribution >= 0.6 is 0 Å². The molecule has 0 saturated carbocycles. The molecule has 24 heavy (non-hydrogen) atoms. The summed E-state index contributed by atoms with van der Waals surface area (Å²) in [6, 6.07) is 5.77. The van der Waals surface area contributed by atoms with E-state index in [1.807, 2.05) is 32.9 Å². The van der Waals surface area contributed by atoms with Crippen LogP contribution in [0.25, 0.3) is 0 Å². The number of esters is 1. The molecule has 1 atom stereocenters. The molecule has 1 aromatic carbocycles. The number of hydrogen-bond acceptors (Lipinski definition) is 5. The Labute approximate surface area is 142 Å². The van der Waals surface area contributed by atoms with Crippen LogP contribution < -0.4 is 5.32 Å². The zero-order valence-electron chi connectivity index (χ0n) is 14.4. The number of rotatable bonds is 2. The highest BCUT2D eigenvalue weighted by Gasteiger charge is 2.28. The van der Waals surface area contributed by atoms with Crippen molar-refractivity contribution in [1.82, 2.24) is 4.90 Å². The van der Waals surface area contributed by atoms with Crippen LogP contribution in [0.1, 0.15) is 38.3 Å². The van der Waals surface area contributed by atoms with Crippen LogP contribution in [-0.4, -0.2) is 41.8 Å². The molecule has 1 N–H and O–H groups in total. The summed E-state index contributed by atoms with van der Waals surface area (Å²) in [5.74, 6) is -0.205. The number of hydrogen-bond donors (Lipinski definition) is 1. The minimum Gasteiger partial charge on any atom is -0.464 e. The third-order valence-electron chi connectivity index (χ3n) is 4.15. The molecule has 0 spiro atoms. The summed E-state index contributed by atoms with van der Waals surface area (Å²) in [4.78, 5) is 25.6. The van der Waals surface area contributed by atoms with Crippen molar-refractivity contribution >= 4 is 17.7 Å². The van der Waals surface area contributed by atoms with Crippen LogP contribution in [0.4, 0.5) is 10.5 Å². The average Bonchev–Trinajstić information content (AvgIpc) is 2.90. The summed E-state index contributed by atoms with van der Waals surface area (Å²) in [5, 5.41) is 3.21. The number of carbonyl (C=O) groups is 2. The molecule has 6 heteroatoms.